The molecule has 1 N–H and O–H groups in total. The van der Waals surface area contributed by atoms with Gasteiger partial charge in [-0.2, -0.15) is 18.3 Å². The number of piperidine rings is 1. The van der Waals surface area contributed by atoms with Crippen LogP contribution in [-0.2, 0) is 11.0 Å². The minimum Gasteiger partial charge on any atom is -0.342 e. The molecule has 120 valence electrons. The van der Waals surface area contributed by atoms with Crippen molar-refractivity contribution in [3.8, 4) is 0 Å². The van der Waals surface area contributed by atoms with Crippen LogP contribution in [0.5, 0.6) is 0 Å². The number of aromatic amines is 1. The van der Waals surface area contributed by atoms with Gasteiger partial charge in [0, 0.05) is 30.6 Å². The van der Waals surface area contributed by atoms with Gasteiger partial charge >= 0.3 is 6.18 Å². The van der Waals surface area contributed by atoms with Gasteiger partial charge in [-0.15, -0.1) is 0 Å². The molecule has 2 aliphatic rings. The Morgan fingerprint density at radius 2 is 2.05 bits per heavy atom. The van der Waals surface area contributed by atoms with E-state index in [4.69, 9.17) is 0 Å². The number of carbonyl (C=O) groups is 1. The number of H-pyrrole nitrogens is 1. The highest BCUT2D eigenvalue weighted by Gasteiger charge is 2.36. The van der Waals surface area contributed by atoms with Crippen LogP contribution in [0, 0.1) is 5.92 Å². The lowest BCUT2D eigenvalue weighted by molar-refractivity contribution is -0.141. The second kappa shape index (κ2) is 5.78. The normalized spacial score (nSPS) is 23.2. The number of aromatic nitrogens is 2. The quantitative estimate of drug-likeness (QED) is 0.853. The second-order valence-electron chi connectivity index (χ2n) is 5.97. The van der Waals surface area contributed by atoms with Crippen LogP contribution in [-0.4, -0.2) is 34.1 Å². The summed E-state index contributed by atoms with van der Waals surface area (Å²) in [6.07, 6.45) is 2.69. The summed E-state index contributed by atoms with van der Waals surface area (Å²) in [5, 5.41) is 5.84. The number of allylic oxidation sites excluding steroid dienone is 2. The molecule has 0 saturated carbocycles. The molecule has 1 saturated heterocycles. The number of carbonyl (C=O) groups excluding carboxylic acids is 1. The molecular weight excluding hydrogens is 295 g/mol. The van der Waals surface area contributed by atoms with E-state index >= 15 is 0 Å². The third-order valence-electron chi connectivity index (χ3n) is 4.42. The number of hydrogen-bond donors (Lipinski definition) is 1. The van der Waals surface area contributed by atoms with Gasteiger partial charge in [-0.05, 0) is 31.7 Å². The largest absolute Gasteiger partial charge is 0.435 e. The maximum absolute atomic E-state index is 12.6. The van der Waals surface area contributed by atoms with E-state index in [0.29, 0.717) is 18.8 Å². The fraction of sp³-hybridized carbons (Fsp3) is 0.600. The molecule has 0 radical (unpaired) electrons. The fourth-order valence-corrected chi connectivity index (χ4v) is 3.20. The van der Waals surface area contributed by atoms with Gasteiger partial charge in [-0.25, -0.2) is 0 Å². The van der Waals surface area contributed by atoms with Crippen LogP contribution in [0.3, 0.4) is 0 Å². The average molecular weight is 313 g/mol. The van der Waals surface area contributed by atoms with Gasteiger partial charge in [-0.1, -0.05) is 12.2 Å². The van der Waals surface area contributed by atoms with Crippen molar-refractivity contribution in [3.63, 3.8) is 0 Å². The minimum atomic E-state index is -4.44. The number of likely N-dealkylation sites (tertiary alicyclic amines) is 1. The highest BCUT2D eigenvalue weighted by Crippen LogP contribution is 2.33. The van der Waals surface area contributed by atoms with Crippen LogP contribution in [0.25, 0.3) is 0 Å². The Morgan fingerprint density at radius 1 is 1.32 bits per heavy atom. The monoisotopic (exact) mass is 313 g/mol. The van der Waals surface area contributed by atoms with Gasteiger partial charge in [-0.3, -0.25) is 9.89 Å². The summed E-state index contributed by atoms with van der Waals surface area (Å²) in [6, 6.07) is 1.07. The Hall–Kier alpha value is -1.79. The Labute approximate surface area is 126 Å². The van der Waals surface area contributed by atoms with Crippen LogP contribution in [0.15, 0.2) is 18.2 Å². The van der Waals surface area contributed by atoms with Crippen molar-refractivity contribution >= 4 is 5.91 Å². The third-order valence-corrected chi connectivity index (χ3v) is 4.42. The first kappa shape index (κ1) is 15.1. The number of nitrogens with zero attached hydrogens (tertiary/aromatic N) is 2. The van der Waals surface area contributed by atoms with Crippen molar-refractivity contribution in [2.45, 2.75) is 37.8 Å². The molecule has 1 atom stereocenters. The summed E-state index contributed by atoms with van der Waals surface area (Å²) in [6.45, 7) is 1.15. The molecule has 1 aliphatic carbocycles. The van der Waals surface area contributed by atoms with Gasteiger partial charge in [0.1, 0.15) is 0 Å². The SMILES string of the molecule is O=C(C1CC=CC1)N1CCC[C@H](c2cc(C(F)(F)F)n[nH]2)C1. The molecule has 1 aromatic heterocycles. The average Bonchev–Trinajstić information content (AvgIpc) is 3.17. The fourth-order valence-electron chi connectivity index (χ4n) is 3.20. The molecule has 0 aromatic carbocycles. The Balaban J connectivity index is 1.67. The van der Waals surface area contributed by atoms with Crippen molar-refractivity contribution in [1.29, 1.82) is 0 Å². The predicted molar refractivity (Wildman–Crippen MR) is 74.0 cm³/mol. The smallest absolute Gasteiger partial charge is 0.342 e. The summed E-state index contributed by atoms with van der Waals surface area (Å²) in [5.41, 5.74) is -0.430. The van der Waals surface area contributed by atoms with Crippen molar-refractivity contribution in [3.05, 3.63) is 29.6 Å². The van der Waals surface area contributed by atoms with Gasteiger partial charge in [0.2, 0.25) is 5.91 Å². The zero-order chi connectivity index (χ0) is 15.7. The molecule has 22 heavy (non-hydrogen) atoms. The second-order valence-corrected chi connectivity index (χ2v) is 5.97. The molecule has 0 spiro atoms. The molecule has 2 heterocycles. The Morgan fingerprint density at radius 3 is 2.68 bits per heavy atom. The number of nitrogens with one attached hydrogen (secondary N) is 1. The molecule has 7 heteroatoms. The first-order valence-corrected chi connectivity index (χ1v) is 7.51. The van der Waals surface area contributed by atoms with Crippen LogP contribution in [0.2, 0.25) is 0 Å². The van der Waals surface area contributed by atoms with Crippen molar-refractivity contribution < 1.29 is 18.0 Å². The zero-order valence-corrected chi connectivity index (χ0v) is 12.1. The highest BCUT2D eigenvalue weighted by molar-refractivity contribution is 5.79. The summed E-state index contributed by atoms with van der Waals surface area (Å²) in [4.78, 5) is 14.2. The van der Waals surface area contributed by atoms with E-state index < -0.39 is 11.9 Å². The van der Waals surface area contributed by atoms with Crippen molar-refractivity contribution in [1.82, 2.24) is 15.1 Å². The summed E-state index contributed by atoms with van der Waals surface area (Å²) in [5.74, 6) is 0.0205. The highest BCUT2D eigenvalue weighted by atomic mass is 19.4. The molecule has 0 unspecified atom stereocenters. The molecule has 3 rings (SSSR count). The van der Waals surface area contributed by atoms with E-state index in [1.54, 1.807) is 4.90 Å². The maximum Gasteiger partial charge on any atom is 0.435 e. The van der Waals surface area contributed by atoms with E-state index in [1.165, 1.54) is 0 Å². The number of alkyl halides is 3. The van der Waals surface area contributed by atoms with E-state index in [-0.39, 0.29) is 17.7 Å². The lowest BCUT2D eigenvalue weighted by atomic mass is 9.93. The number of hydrogen-bond acceptors (Lipinski definition) is 2. The molecule has 1 aromatic rings. The summed E-state index contributed by atoms with van der Waals surface area (Å²) < 4.78 is 37.9. The Bertz CT molecular complexity index is 571. The van der Waals surface area contributed by atoms with Crippen LogP contribution >= 0.6 is 0 Å². The first-order chi connectivity index (χ1) is 10.4. The van der Waals surface area contributed by atoms with E-state index in [9.17, 15) is 18.0 Å². The van der Waals surface area contributed by atoms with Crippen LogP contribution in [0.1, 0.15) is 43.0 Å². The number of rotatable bonds is 2. The Kier molecular flexibility index (Phi) is 3.97. The van der Waals surface area contributed by atoms with Crippen LogP contribution in [0.4, 0.5) is 13.2 Å². The van der Waals surface area contributed by atoms with E-state index in [1.807, 2.05) is 12.2 Å². The van der Waals surface area contributed by atoms with Crippen molar-refractivity contribution in [2.24, 2.45) is 5.92 Å². The van der Waals surface area contributed by atoms with Crippen LogP contribution < -0.4 is 0 Å². The summed E-state index contributed by atoms with van der Waals surface area (Å²) >= 11 is 0. The first-order valence-electron chi connectivity index (χ1n) is 7.51. The minimum absolute atomic E-state index is 0.00579. The zero-order valence-electron chi connectivity index (χ0n) is 12.1. The molecule has 4 nitrogen and oxygen atoms in total. The number of halogens is 3. The lowest BCUT2D eigenvalue weighted by Crippen LogP contribution is -2.42. The molecule has 1 fully saturated rings. The summed E-state index contributed by atoms with van der Waals surface area (Å²) in [7, 11) is 0. The van der Waals surface area contributed by atoms with E-state index in [0.717, 1.165) is 31.7 Å². The van der Waals surface area contributed by atoms with Gasteiger partial charge in [0.25, 0.3) is 0 Å². The predicted octanol–water partition coefficient (Wildman–Crippen LogP) is 3.10. The molecule has 1 amide bonds. The molecule has 0 bridgehead atoms. The van der Waals surface area contributed by atoms with Gasteiger partial charge in [0.15, 0.2) is 5.69 Å². The molecular formula is C15H18F3N3O. The standard InChI is InChI=1S/C15H18F3N3O/c16-15(17,18)13-8-12(19-20-13)11-6-3-7-21(9-11)14(22)10-4-1-2-5-10/h1-2,8,10-11H,3-7,9H2,(H,19,20)/t11-/m0/s1. The number of amides is 1. The maximum atomic E-state index is 12.6. The van der Waals surface area contributed by atoms with E-state index in [2.05, 4.69) is 10.2 Å². The topological polar surface area (TPSA) is 49.0 Å². The van der Waals surface area contributed by atoms with Crippen molar-refractivity contribution in [2.75, 3.05) is 13.1 Å². The van der Waals surface area contributed by atoms with Gasteiger partial charge < -0.3 is 4.90 Å². The molecule has 1 aliphatic heterocycles. The van der Waals surface area contributed by atoms with Gasteiger partial charge in [0.05, 0.1) is 0 Å². The third kappa shape index (κ3) is 3.03. The lowest BCUT2D eigenvalue weighted by Gasteiger charge is -2.33.